The number of aldehydes is 1. The van der Waals surface area contributed by atoms with E-state index in [2.05, 4.69) is 4.74 Å². The fourth-order valence-electron chi connectivity index (χ4n) is 2.33. The topological polar surface area (TPSA) is 46.5 Å². The number of alkyl halides is 3. The van der Waals surface area contributed by atoms with Crippen LogP contribution in [0.5, 0.6) is 0 Å². The molecule has 0 saturated heterocycles. The Balaban J connectivity index is 2.58. The monoisotopic (exact) mass is 298 g/mol. The summed E-state index contributed by atoms with van der Waals surface area (Å²) in [7, 11) is 0.855. The van der Waals surface area contributed by atoms with E-state index in [9.17, 15) is 23.1 Å². The largest absolute Gasteiger partial charge is 0.509 e. The second-order valence-corrected chi connectivity index (χ2v) is 4.66. The number of allylic oxidation sites excluding steroid dienone is 2. The van der Waals surface area contributed by atoms with E-state index in [0.29, 0.717) is 11.8 Å². The summed E-state index contributed by atoms with van der Waals surface area (Å²) in [4.78, 5) is 11.2. The maximum absolute atomic E-state index is 13.2. The minimum atomic E-state index is -4.83. The maximum Gasteiger partial charge on any atom is 0.425 e. The Labute approximate surface area is 119 Å². The molecule has 0 bridgehead atoms. The van der Waals surface area contributed by atoms with Gasteiger partial charge in [-0.15, -0.1) is 0 Å². The minimum Gasteiger partial charge on any atom is -0.509 e. The molecule has 1 aliphatic carbocycles. The Morgan fingerprint density at radius 1 is 1.29 bits per heavy atom. The molecule has 1 aromatic rings. The lowest BCUT2D eigenvalue weighted by atomic mass is 9.82. The molecule has 1 aromatic carbocycles. The van der Waals surface area contributed by atoms with Crippen LogP contribution in [-0.2, 0) is 9.53 Å². The van der Waals surface area contributed by atoms with Crippen LogP contribution in [0.15, 0.2) is 47.7 Å². The SMILES string of the molecule is COC1(C(F)(F)F)CC(C=O)=C(c2ccccc2)C=C1O. The highest BCUT2D eigenvalue weighted by molar-refractivity contribution is 5.93. The van der Waals surface area contributed by atoms with Crippen LogP contribution < -0.4 is 0 Å². The molecular formula is C15H13F3O3. The molecule has 0 amide bonds. The van der Waals surface area contributed by atoms with Gasteiger partial charge in [0.2, 0.25) is 5.60 Å². The molecular weight excluding hydrogens is 285 g/mol. The summed E-state index contributed by atoms with van der Waals surface area (Å²) in [6.45, 7) is 0. The predicted octanol–water partition coefficient (Wildman–Crippen LogP) is 3.43. The quantitative estimate of drug-likeness (QED) is 0.870. The summed E-state index contributed by atoms with van der Waals surface area (Å²) in [6.07, 6.45) is -4.29. The number of aliphatic hydroxyl groups is 1. The molecule has 3 nitrogen and oxygen atoms in total. The first-order valence-corrected chi connectivity index (χ1v) is 6.12. The molecule has 1 aliphatic rings. The first-order chi connectivity index (χ1) is 9.85. The van der Waals surface area contributed by atoms with Crippen LogP contribution in [0, 0.1) is 0 Å². The normalized spacial score (nSPS) is 23.0. The van der Waals surface area contributed by atoms with Gasteiger partial charge in [-0.2, -0.15) is 13.2 Å². The molecule has 0 spiro atoms. The van der Waals surface area contributed by atoms with Gasteiger partial charge in [0.15, 0.2) is 0 Å². The first kappa shape index (κ1) is 15.3. The van der Waals surface area contributed by atoms with Gasteiger partial charge in [0.05, 0.1) is 0 Å². The Bertz CT molecular complexity index is 602. The van der Waals surface area contributed by atoms with Crippen molar-refractivity contribution in [1.82, 2.24) is 0 Å². The molecule has 0 fully saturated rings. The fraction of sp³-hybridized carbons (Fsp3) is 0.267. The highest BCUT2D eigenvalue weighted by Crippen LogP contribution is 2.46. The number of carbonyl (C=O) groups excluding carboxylic acids is 1. The van der Waals surface area contributed by atoms with Gasteiger partial charge in [-0.25, -0.2) is 0 Å². The van der Waals surface area contributed by atoms with Crippen molar-refractivity contribution in [3.8, 4) is 0 Å². The number of benzene rings is 1. The molecule has 6 heteroatoms. The zero-order chi connectivity index (χ0) is 15.7. The van der Waals surface area contributed by atoms with Crippen molar-refractivity contribution in [2.45, 2.75) is 18.2 Å². The van der Waals surface area contributed by atoms with Crippen LogP contribution in [0.2, 0.25) is 0 Å². The van der Waals surface area contributed by atoms with Crippen molar-refractivity contribution in [1.29, 1.82) is 0 Å². The summed E-state index contributed by atoms with van der Waals surface area (Å²) in [5.41, 5.74) is -2.13. The smallest absolute Gasteiger partial charge is 0.425 e. The Kier molecular flexibility index (Phi) is 3.91. The van der Waals surface area contributed by atoms with Crippen LogP contribution in [0.3, 0.4) is 0 Å². The molecule has 21 heavy (non-hydrogen) atoms. The lowest BCUT2D eigenvalue weighted by molar-refractivity contribution is -0.263. The predicted molar refractivity (Wildman–Crippen MR) is 70.5 cm³/mol. The summed E-state index contributed by atoms with van der Waals surface area (Å²) in [6, 6.07) is 8.42. The van der Waals surface area contributed by atoms with E-state index in [-0.39, 0.29) is 11.1 Å². The molecule has 0 aromatic heterocycles. The number of rotatable bonds is 3. The van der Waals surface area contributed by atoms with Crippen molar-refractivity contribution >= 4 is 11.9 Å². The number of hydrogen-bond donors (Lipinski definition) is 1. The molecule has 112 valence electrons. The lowest BCUT2D eigenvalue weighted by Crippen LogP contribution is -2.50. The van der Waals surface area contributed by atoms with Crippen molar-refractivity contribution in [2.75, 3.05) is 7.11 Å². The van der Waals surface area contributed by atoms with E-state index < -0.39 is 24.0 Å². The van der Waals surface area contributed by atoms with Crippen LogP contribution in [0.1, 0.15) is 12.0 Å². The first-order valence-electron chi connectivity index (χ1n) is 6.12. The molecule has 1 unspecified atom stereocenters. The standard InChI is InChI=1S/C15H13F3O3/c1-21-14(15(16,17)18)8-11(9-19)12(7-13(14)20)10-5-3-2-4-6-10/h2-7,9,20H,8H2,1H3. The third-order valence-electron chi connectivity index (χ3n) is 3.51. The number of ether oxygens (including phenoxy) is 1. The van der Waals surface area contributed by atoms with Gasteiger partial charge in [-0.1, -0.05) is 30.3 Å². The van der Waals surface area contributed by atoms with E-state index in [0.717, 1.165) is 13.2 Å². The average molecular weight is 298 g/mol. The second-order valence-electron chi connectivity index (χ2n) is 4.66. The molecule has 2 rings (SSSR count). The third kappa shape index (κ3) is 2.47. The Morgan fingerprint density at radius 3 is 2.38 bits per heavy atom. The zero-order valence-electron chi connectivity index (χ0n) is 11.1. The minimum absolute atomic E-state index is 0.0711. The van der Waals surface area contributed by atoms with Crippen molar-refractivity contribution in [2.24, 2.45) is 0 Å². The number of methoxy groups -OCH3 is 1. The summed E-state index contributed by atoms with van der Waals surface area (Å²) in [5, 5.41) is 9.87. The van der Waals surface area contributed by atoms with Crippen molar-refractivity contribution < 1.29 is 27.8 Å². The van der Waals surface area contributed by atoms with Crippen LogP contribution >= 0.6 is 0 Å². The van der Waals surface area contributed by atoms with Gasteiger partial charge >= 0.3 is 6.18 Å². The highest BCUT2D eigenvalue weighted by Gasteiger charge is 2.60. The molecule has 0 heterocycles. The Hall–Kier alpha value is -2.08. The van der Waals surface area contributed by atoms with Crippen LogP contribution in [0.4, 0.5) is 13.2 Å². The van der Waals surface area contributed by atoms with Gasteiger partial charge < -0.3 is 9.84 Å². The van der Waals surface area contributed by atoms with Gasteiger partial charge in [-0.3, -0.25) is 4.79 Å². The number of hydrogen-bond acceptors (Lipinski definition) is 3. The molecule has 0 saturated carbocycles. The van der Waals surface area contributed by atoms with E-state index >= 15 is 0 Å². The average Bonchev–Trinajstić information content (AvgIpc) is 2.46. The van der Waals surface area contributed by atoms with E-state index in [4.69, 9.17) is 0 Å². The van der Waals surface area contributed by atoms with Crippen molar-refractivity contribution in [3.63, 3.8) is 0 Å². The molecule has 1 atom stereocenters. The third-order valence-corrected chi connectivity index (χ3v) is 3.51. The highest BCUT2D eigenvalue weighted by atomic mass is 19.4. The summed E-state index contributed by atoms with van der Waals surface area (Å²) >= 11 is 0. The molecule has 1 N–H and O–H groups in total. The second kappa shape index (κ2) is 5.37. The van der Waals surface area contributed by atoms with E-state index in [1.165, 1.54) is 0 Å². The molecule has 0 aliphatic heterocycles. The van der Waals surface area contributed by atoms with Crippen LogP contribution in [-0.4, -0.2) is 30.3 Å². The number of aliphatic hydroxyl groups excluding tert-OH is 1. The zero-order valence-corrected chi connectivity index (χ0v) is 11.1. The van der Waals surface area contributed by atoms with Gasteiger partial charge in [-0.05, 0) is 17.2 Å². The van der Waals surface area contributed by atoms with Gasteiger partial charge in [0, 0.05) is 19.1 Å². The fourth-order valence-corrected chi connectivity index (χ4v) is 2.33. The Morgan fingerprint density at radius 2 is 1.90 bits per heavy atom. The maximum atomic E-state index is 13.2. The van der Waals surface area contributed by atoms with Gasteiger partial charge in [0.25, 0.3) is 0 Å². The number of carbonyl (C=O) groups is 1. The summed E-state index contributed by atoms with van der Waals surface area (Å²) < 4.78 is 44.2. The number of halogens is 3. The van der Waals surface area contributed by atoms with E-state index in [1.54, 1.807) is 30.3 Å². The molecule has 0 radical (unpaired) electrons. The van der Waals surface area contributed by atoms with Crippen molar-refractivity contribution in [3.05, 3.63) is 53.3 Å². The van der Waals surface area contributed by atoms with E-state index in [1.807, 2.05) is 0 Å². The lowest BCUT2D eigenvalue weighted by Gasteiger charge is -2.36. The van der Waals surface area contributed by atoms with Gasteiger partial charge in [0.1, 0.15) is 12.0 Å². The summed E-state index contributed by atoms with van der Waals surface area (Å²) in [5.74, 6) is -0.957. The van der Waals surface area contributed by atoms with Crippen LogP contribution in [0.25, 0.3) is 5.57 Å².